The second kappa shape index (κ2) is 5.42. The maximum atomic E-state index is 6.32. The number of hydrogen-bond donors (Lipinski definition) is 0. The predicted octanol–water partition coefficient (Wildman–Crippen LogP) is 5.58. The summed E-state index contributed by atoms with van der Waals surface area (Å²) in [5.41, 5.74) is 1.14. The van der Waals surface area contributed by atoms with E-state index >= 15 is 0 Å². The Morgan fingerprint density at radius 1 is 1.12 bits per heavy atom. The standard InChI is InChI=1S/C12H9Cl3S/c13-9-3-1-2-8(6-9)7-10(14)11-4-5-12(15)16-11/h1-6,10H,7H2. The van der Waals surface area contributed by atoms with Gasteiger partial charge in [0.15, 0.2) is 0 Å². The molecule has 0 bridgehead atoms. The molecule has 0 aliphatic rings. The third kappa shape index (κ3) is 3.14. The molecule has 16 heavy (non-hydrogen) atoms. The van der Waals surface area contributed by atoms with Crippen LogP contribution in [0.1, 0.15) is 15.8 Å². The van der Waals surface area contributed by atoms with Crippen LogP contribution in [-0.4, -0.2) is 0 Å². The van der Waals surface area contributed by atoms with Crippen molar-refractivity contribution in [3.05, 3.63) is 56.2 Å². The smallest absolute Gasteiger partial charge is 0.0931 e. The Balaban J connectivity index is 2.10. The van der Waals surface area contributed by atoms with Crippen LogP contribution in [0.4, 0.5) is 0 Å². The Labute approximate surface area is 114 Å². The fourth-order valence-electron chi connectivity index (χ4n) is 1.47. The van der Waals surface area contributed by atoms with Crippen molar-refractivity contribution in [3.63, 3.8) is 0 Å². The lowest BCUT2D eigenvalue weighted by Crippen LogP contribution is -1.92. The van der Waals surface area contributed by atoms with E-state index in [9.17, 15) is 0 Å². The molecule has 0 radical (unpaired) electrons. The lowest BCUT2D eigenvalue weighted by atomic mass is 10.1. The third-order valence-corrected chi connectivity index (χ3v) is 4.31. The van der Waals surface area contributed by atoms with E-state index in [0.717, 1.165) is 26.2 Å². The second-order valence-electron chi connectivity index (χ2n) is 3.44. The summed E-state index contributed by atoms with van der Waals surface area (Å²) in [5.74, 6) is 0. The first-order valence-corrected chi connectivity index (χ1v) is 6.80. The molecule has 0 spiro atoms. The number of rotatable bonds is 3. The van der Waals surface area contributed by atoms with Gasteiger partial charge in [-0.15, -0.1) is 22.9 Å². The Hall–Kier alpha value is -0.210. The fraction of sp³-hybridized carbons (Fsp3) is 0.167. The molecule has 1 heterocycles. The topological polar surface area (TPSA) is 0 Å². The summed E-state index contributed by atoms with van der Waals surface area (Å²) in [5, 5.41) is 0.696. The molecule has 0 fully saturated rings. The third-order valence-electron chi connectivity index (χ3n) is 2.21. The molecule has 0 saturated carbocycles. The number of benzene rings is 1. The highest BCUT2D eigenvalue weighted by atomic mass is 35.5. The van der Waals surface area contributed by atoms with Crippen molar-refractivity contribution in [3.8, 4) is 0 Å². The van der Waals surface area contributed by atoms with Crippen molar-refractivity contribution in [1.82, 2.24) is 0 Å². The van der Waals surface area contributed by atoms with Crippen LogP contribution < -0.4 is 0 Å². The zero-order valence-electron chi connectivity index (χ0n) is 8.29. The van der Waals surface area contributed by atoms with Gasteiger partial charge in [-0.25, -0.2) is 0 Å². The number of halogens is 3. The van der Waals surface area contributed by atoms with Gasteiger partial charge < -0.3 is 0 Å². The van der Waals surface area contributed by atoms with Gasteiger partial charge >= 0.3 is 0 Å². The van der Waals surface area contributed by atoms with Crippen LogP contribution in [-0.2, 0) is 6.42 Å². The SMILES string of the molecule is Clc1cccc(CC(Cl)c2ccc(Cl)s2)c1. The van der Waals surface area contributed by atoms with Crippen LogP contribution in [0.2, 0.25) is 9.36 Å². The van der Waals surface area contributed by atoms with Crippen LogP contribution >= 0.6 is 46.1 Å². The summed E-state index contributed by atoms with van der Waals surface area (Å²) in [6.07, 6.45) is 0.763. The van der Waals surface area contributed by atoms with Gasteiger partial charge in [0.1, 0.15) is 0 Å². The van der Waals surface area contributed by atoms with Crippen LogP contribution in [0.15, 0.2) is 36.4 Å². The van der Waals surface area contributed by atoms with Crippen molar-refractivity contribution in [2.24, 2.45) is 0 Å². The Bertz CT molecular complexity index is 479. The van der Waals surface area contributed by atoms with Crippen LogP contribution in [0.3, 0.4) is 0 Å². The van der Waals surface area contributed by atoms with E-state index in [1.807, 2.05) is 36.4 Å². The fourth-order valence-corrected chi connectivity index (χ4v) is 3.10. The normalized spacial score (nSPS) is 12.7. The average Bonchev–Trinajstić information content (AvgIpc) is 2.65. The summed E-state index contributed by atoms with van der Waals surface area (Å²) >= 11 is 19.6. The van der Waals surface area contributed by atoms with E-state index in [-0.39, 0.29) is 5.38 Å². The molecule has 2 aromatic rings. The number of hydrogen-bond acceptors (Lipinski definition) is 1. The first kappa shape index (κ1) is 12.3. The quantitative estimate of drug-likeness (QED) is 0.648. The van der Waals surface area contributed by atoms with Crippen molar-refractivity contribution in [1.29, 1.82) is 0 Å². The predicted molar refractivity (Wildman–Crippen MR) is 73.1 cm³/mol. The molecule has 4 heteroatoms. The van der Waals surface area contributed by atoms with Crippen LogP contribution in [0.5, 0.6) is 0 Å². The Kier molecular flexibility index (Phi) is 4.15. The maximum Gasteiger partial charge on any atom is 0.0931 e. The highest BCUT2D eigenvalue weighted by molar-refractivity contribution is 7.16. The molecule has 0 nitrogen and oxygen atoms in total. The molecule has 0 amide bonds. The summed E-state index contributed by atoms with van der Waals surface area (Å²) in [7, 11) is 0. The minimum atomic E-state index is -0.0454. The first-order valence-electron chi connectivity index (χ1n) is 4.79. The molecule has 1 atom stereocenters. The van der Waals surface area contributed by atoms with E-state index < -0.39 is 0 Å². The first-order chi connectivity index (χ1) is 7.65. The van der Waals surface area contributed by atoms with Gasteiger partial charge in [0.05, 0.1) is 9.71 Å². The van der Waals surface area contributed by atoms with E-state index in [0.29, 0.717) is 0 Å². The van der Waals surface area contributed by atoms with Gasteiger partial charge in [0.25, 0.3) is 0 Å². The minimum absolute atomic E-state index is 0.0454. The van der Waals surface area contributed by atoms with Gasteiger partial charge in [0, 0.05) is 9.90 Å². The largest absolute Gasteiger partial charge is 0.127 e. The molecule has 0 N–H and O–H groups in total. The summed E-state index contributed by atoms with van der Waals surface area (Å²) in [6.45, 7) is 0. The number of alkyl halides is 1. The molecule has 2 rings (SSSR count). The summed E-state index contributed by atoms with van der Waals surface area (Å²) < 4.78 is 0.770. The zero-order chi connectivity index (χ0) is 11.5. The van der Waals surface area contributed by atoms with Gasteiger partial charge in [-0.2, -0.15) is 0 Å². The molecule has 1 aromatic heterocycles. The lowest BCUT2D eigenvalue weighted by Gasteiger charge is -2.07. The zero-order valence-corrected chi connectivity index (χ0v) is 11.4. The molecule has 0 aliphatic heterocycles. The summed E-state index contributed by atoms with van der Waals surface area (Å²) in [4.78, 5) is 1.09. The van der Waals surface area contributed by atoms with E-state index in [1.54, 1.807) is 0 Å². The lowest BCUT2D eigenvalue weighted by molar-refractivity contribution is 0.940. The molecule has 0 aliphatic carbocycles. The molecule has 84 valence electrons. The Morgan fingerprint density at radius 2 is 1.94 bits per heavy atom. The van der Waals surface area contributed by atoms with Crippen molar-refractivity contribution in [2.75, 3.05) is 0 Å². The highest BCUT2D eigenvalue weighted by Crippen LogP contribution is 2.33. The highest BCUT2D eigenvalue weighted by Gasteiger charge is 2.11. The summed E-state index contributed by atoms with van der Waals surface area (Å²) in [6, 6.07) is 11.6. The molecular weight excluding hydrogens is 283 g/mol. The van der Waals surface area contributed by atoms with E-state index in [4.69, 9.17) is 34.8 Å². The van der Waals surface area contributed by atoms with Gasteiger partial charge in [-0.05, 0) is 36.2 Å². The van der Waals surface area contributed by atoms with Crippen LogP contribution in [0, 0.1) is 0 Å². The van der Waals surface area contributed by atoms with Gasteiger partial charge in [-0.3, -0.25) is 0 Å². The van der Waals surface area contributed by atoms with Crippen LogP contribution in [0.25, 0.3) is 0 Å². The van der Waals surface area contributed by atoms with Crippen molar-refractivity contribution >= 4 is 46.1 Å². The average molecular weight is 292 g/mol. The van der Waals surface area contributed by atoms with Gasteiger partial charge in [-0.1, -0.05) is 35.3 Å². The molecule has 1 aromatic carbocycles. The Morgan fingerprint density at radius 3 is 2.56 bits per heavy atom. The second-order valence-corrected chi connectivity index (χ2v) is 6.15. The molecule has 0 saturated heterocycles. The number of thiophene rings is 1. The molecule has 1 unspecified atom stereocenters. The monoisotopic (exact) mass is 290 g/mol. The van der Waals surface area contributed by atoms with Gasteiger partial charge in [0.2, 0.25) is 0 Å². The molecular formula is C12H9Cl3S. The van der Waals surface area contributed by atoms with Crippen molar-refractivity contribution in [2.45, 2.75) is 11.8 Å². The minimum Gasteiger partial charge on any atom is -0.127 e. The van der Waals surface area contributed by atoms with E-state index in [1.165, 1.54) is 11.3 Å². The van der Waals surface area contributed by atoms with E-state index in [2.05, 4.69) is 0 Å². The maximum absolute atomic E-state index is 6.32. The van der Waals surface area contributed by atoms with Crippen molar-refractivity contribution < 1.29 is 0 Å².